The highest BCUT2D eigenvalue weighted by molar-refractivity contribution is 5.34. The third-order valence-corrected chi connectivity index (χ3v) is 2.33. The minimum absolute atomic E-state index is 0.0598. The van der Waals surface area contributed by atoms with Crippen LogP contribution in [0.25, 0.3) is 0 Å². The molecule has 0 spiro atoms. The van der Waals surface area contributed by atoms with E-state index in [9.17, 15) is 0 Å². The largest absolute Gasteiger partial charge is 0.368 e. The van der Waals surface area contributed by atoms with E-state index in [2.05, 4.69) is 10.4 Å². The van der Waals surface area contributed by atoms with Gasteiger partial charge in [0.2, 0.25) is 0 Å². The summed E-state index contributed by atoms with van der Waals surface area (Å²) in [5.41, 5.74) is 5.98. The van der Waals surface area contributed by atoms with E-state index in [1.807, 2.05) is 17.8 Å². The smallest absolute Gasteiger partial charge is 0.123 e. The molecular formula is C8H14N4. The van der Waals surface area contributed by atoms with Crippen LogP contribution in [0.5, 0.6) is 0 Å². The molecule has 1 saturated carbocycles. The lowest BCUT2D eigenvalue weighted by molar-refractivity contribution is 0.696. The zero-order chi connectivity index (χ0) is 8.60. The molecule has 4 nitrogen and oxygen atoms in total. The average Bonchev–Trinajstić information content (AvgIpc) is 2.61. The summed E-state index contributed by atoms with van der Waals surface area (Å²) in [5, 5.41) is 7.32. The van der Waals surface area contributed by atoms with Crippen molar-refractivity contribution < 1.29 is 0 Å². The first-order valence-corrected chi connectivity index (χ1v) is 4.20. The van der Waals surface area contributed by atoms with Crippen LogP contribution in [0.2, 0.25) is 0 Å². The van der Waals surface area contributed by atoms with Crippen LogP contribution in [0.4, 0.5) is 5.82 Å². The zero-order valence-corrected chi connectivity index (χ0v) is 7.25. The van der Waals surface area contributed by atoms with E-state index in [4.69, 9.17) is 5.73 Å². The Kier molecular flexibility index (Phi) is 1.58. The Morgan fingerprint density at radius 3 is 3.00 bits per heavy atom. The van der Waals surface area contributed by atoms with Gasteiger partial charge in [-0.05, 0) is 12.8 Å². The number of hydrogen-bond acceptors (Lipinski definition) is 3. The number of aryl methyl sites for hydroxylation is 1. The number of rotatable bonds is 3. The summed E-state index contributed by atoms with van der Waals surface area (Å²) in [7, 11) is 1.92. The molecule has 0 radical (unpaired) electrons. The van der Waals surface area contributed by atoms with Gasteiger partial charge in [-0.1, -0.05) is 0 Å². The number of nitrogens with one attached hydrogen (secondary N) is 1. The molecule has 1 aliphatic carbocycles. The molecule has 66 valence electrons. The first-order valence-electron chi connectivity index (χ1n) is 4.20. The lowest BCUT2D eigenvalue weighted by Crippen LogP contribution is -2.31. The number of hydrogen-bond donors (Lipinski definition) is 2. The van der Waals surface area contributed by atoms with E-state index in [-0.39, 0.29) is 5.54 Å². The second kappa shape index (κ2) is 2.48. The van der Waals surface area contributed by atoms with Crippen molar-refractivity contribution in [2.45, 2.75) is 18.4 Å². The van der Waals surface area contributed by atoms with E-state index in [1.165, 1.54) is 0 Å². The number of nitrogens with zero attached hydrogens (tertiary/aromatic N) is 2. The lowest BCUT2D eigenvalue weighted by atomic mass is 10.3. The van der Waals surface area contributed by atoms with Gasteiger partial charge in [-0.2, -0.15) is 5.10 Å². The summed E-state index contributed by atoms with van der Waals surface area (Å²) < 4.78 is 1.81. The summed E-state index contributed by atoms with van der Waals surface area (Å²) in [6, 6.07) is 1.95. The molecule has 1 aromatic heterocycles. The van der Waals surface area contributed by atoms with Crippen molar-refractivity contribution in [3.63, 3.8) is 0 Å². The Bertz CT molecular complexity index is 274. The lowest BCUT2D eigenvalue weighted by Gasteiger charge is -2.10. The third-order valence-electron chi connectivity index (χ3n) is 2.33. The quantitative estimate of drug-likeness (QED) is 0.680. The molecular weight excluding hydrogens is 152 g/mol. The highest BCUT2D eigenvalue weighted by atomic mass is 15.3. The van der Waals surface area contributed by atoms with Gasteiger partial charge < -0.3 is 11.1 Å². The molecule has 0 amide bonds. The minimum Gasteiger partial charge on any atom is -0.368 e. The van der Waals surface area contributed by atoms with Gasteiger partial charge in [0.15, 0.2) is 0 Å². The maximum absolute atomic E-state index is 5.92. The molecule has 1 fully saturated rings. The molecule has 3 N–H and O–H groups in total. The molecule has 0 saturated heterocycles. The van der Waals surface area contributed by atoms with Crippen LogP contribution < -0.4 is 11.1 Å². The van der Waals surface area contributed by atoms with E-state index >= 15 is 0 Å². The molecule has 4 heteroatoms. The van der Waals surface area contributed by atoms with Gasteiger partial charge in [-0.3, -0.25) is 4.68 Å². The van der Waals surface area contributed by atoms with Crippen LogP contribution in [0.3, 0.4) is 0 Å². The van der Waals surface area contributed by atoms with Gasteiger partial charge in [-0.15, -0.1) is 0 Å². The Balaban J connectivity index is 1.91. The van der Waals surface area contributed by atoms with Gasteiger partial charge in [0, 0.05) is 25.2 Å². The second-order valence-corrected chi connectivity index (χ2v) is 3.56. The van der Waals surface area contributed by atoms with Crippen molar-refractivity contribution in [2.75, 3.05) is 11.9 Å². The van der Waals surface area contributed by atoms with Crippen molar-refractivity contribution in [3.8, 4) is 0 Å². The summed E-state index contributed by atoms with van der Waals surface area (Å²) >= 11 is 0. The Hall–Kier alpha value is -1.03. The van der Waals surface area contributed by atoms with E-state index in [0.717, 1.165) is 25.2 Å². The molecule has 0 aliphatic heterocycles. The fraction of sp³-hybridized carbons (Fsp3) is 0.625. The van der Waals surface area contributed by atoms with Crippen LogP contribution in [0, 0.1) is 0 Å². The van der Waals surface area contributed by atoms with Gasteiger partial charge >= 0.3 is 0 Å². The normalized spacial score (nSPS) is 19.2. The fourth-order valence-electron chi connectivity index (χ4n) is 1.15. The van der Waals surface area contributed by atoms with Crippen LogP contribution in [-0.4, -0.2) is 21.9 Å². The summed E-state index contributed by atoms with van der Waals surface area (Å²) in [4.78, 5) is 0. The first-order chi connectivity index (χ1) is 5.70. The van der Waals surface area contributed by atoms with Crippen LogP contribution >= 0.6 is 0 Å². The predicted molar refractivity (Wildman–Crippen MR) is 47.9 cm³/mol. The molecule has 0 atom stereocenters. The molecule has 2 rings (SSSR count). The summed E-state index contributed by atoms with van der Waals surface area (Å²) in [6.07, 6.45) is 4.05. The van der Waals surface area contributed by atoms with Gasteiger partial charge in [0.1, 0.15) is 5.82 Å². The first kappa shape index (κ1) is 7.61. The van der Waals surface area contributed by atoms with Crippen molar-refractivity contribution >= 4 is 5.82 Å². The molecule has 1 aromatic rings. The van der Waals surface area contributed by atoms with Crippen molar-refractivity contribution in [3.05, 3.63) is 12.3 Å². The van der Waals surface area contributed by atoms with E-state index in [0.29, 0.717) is 0 Å². The van der Waals surface area contributed by atoms with Crippen LogP contribution in [0.1, 0.15) is 12.8 Å². The maximum atomic E-state index is 5.92. The van der Waals surface area contributed by atoms with Crippen molar-refractivity contribution in [2.24, 2.45) is 12.8 Å². The van der Waals surface area contributed by atoms with Gasteiger partial charge in [0.05, 0.1) is 6.20 Å². The van der Waals surface area contributed by atoms with Crippen LogP contribution in [-0.2, 0) is 7.05 Å². The predicted octanol–water partition coefficient (Wildman–Crippen LogP) is 0.323. The van der Waals surface area contributed by atoms with Gasteiger partial charge in [0.25, 0.3) is 0 Å². The highest BCUT2D eigenvalue weighted by Crippen LogP contribution is 2.31. The fourth-order valence-corrected chi connectivity index (χ4v) is 1.15. The standard InChI is InChI=1S/C8H14N4/c1-12-7(2-5-11-12)10-6-8(9)3-4-8/h2,5,10H,3-4,6,9H2,1H3. The molecule has 1 aliphatic rings. The Morgan fingerprint density at radius 1 is 1.75 bits per heavy atom. The van der Waals surface area contributed by atoms with E-state index < -0.39 is 0 Å². The Morgan fingerprint density at radius 2 is 2.50 bits per heavy atom. The molecule has 12 heavy (non-hydrogen) atoms. The average molecular weight is 166 g/mol. The molecule has 0 unspecified atom stereocenters. The number of aromatic nitrogens is 2. The van der Waals surface area contributed by atoms with Crippen LogP contribution in [0.15, 0.2) is 12.3 Å². The Labute approximate surface area is 71.7 Å². The second-order valence-electron chi connectivity index (χ2n) is 3.56. The van der Waals surface area contributed by atoms with Crippen molar-refractivity contribution in [1.29, 1.82) is 0 Å². The summed E-state index contributed by atoms with van der Waals surface area (Å²) in [6.45, 7) is 0.854. The third kappa shape index (κ3) is 1.43. The maximum Gasteiger partial charge on any atom is 0.123 e. The highest BCUT2D eigenvalue weighted by Gasteiger charge is 2.37. The summed E-state index contributed by atoms with van der Waals surface area (Å²) in [5.74, 6) is 1.03. The molecule has 0 bridgehead atoms. The molecule has 0 aromatic carbocycles. The monoisotopic (exact) mass is 166 g/mol. The van der Waals surface area contributed by atoms with Crippen molar-refractivity contribution in [1.82, 2.24) is 9.78 Å². The SMILES string of the molecule is Cn1nccc1NCC1(N)CC1. The zero-order valence-electron chi connectivity index (χ0n) is 7.25. The van der Waals surface area contributed by atoms with E-state index in [1.54, 1.807) is 6.20 Å². The number of nitrogens with two attached hydrogens (primary N) is 1. The molecule has 1 heterocycles. The topological polar surface area (TPSA) is 55.9 Å². The minimum atomic E-state index is 0.0598. The number of anilines is 1. The van der Waals surface area contributed by atoms with Gasteiger partial charge in [-0.25, -0.2) is 0 Å².